The van der Waals surface area contributed by atoms with Gasteiger partial charge in [-0.25, -0.2) is 4.98 Å². The molecule has 7 heteroatoms. The van der Waals surface area contributed by atoms with E-state index in [0.717, 1.165) is 57.1 Å². The van der Waals surface area contributed by atoms with Gasteiger partial charge < -0.3 is 24.7 Å². The second-order valence-corrected chi connectivity index (χ2v) is 8.06. The van der Waals surface area contributed by atoms with E-state index in [1.807, 2.05) is 36.5 Å². The predicted molar refractivity (Wildman–Crippen MR) is 134 cm³/mol. The molecule has 2 aromatic carbocycles. The van der Waals surface area contributed by atoms with Gasteiger partial charge in [-0.3, -0.25) is 4.98 Å². The standard InChI is InChI=1S/C27H31N3O4/c1-5-6-24-22-15-26(33-4)25(32-3)14-21(22)19(16-29-24)12-18-11-17-13-20(31-2)7-8-23(17)30-27(18)34-10-9-28/h7-8,11,13-16H,5-6,9-10,12,28H2,1-4H3. The number of hydrogen-bond donors (Lipinski definition) is 1. The number of nitrogens with zero attached hydrogens (tertiary/aromatic N) is 2. The van der Waals surface area contributed by atoms with Crippen LogP contribution in [0.25, 0.3) is 21.7 Å². The van der Waals surface area contributed by atoms with E-state index >= 15 is 0 Å². The van der Waals surface area contributed by atoms with Gasteiger partial charge in [0.1, 0.15) is 12.4 Å². The molecule has 7 nitrogen and oxygen atoms in total. The van der Waals surface area contributed by atoms with Crippen molar-refractivity contribution in [3.63, 3.8) is 0 Å². The first-order valence-electron chi connectivity index (χ1n) is 11.4. The van der Waals surface area contributed by atoms with Crippen LogP contribution in [0, 0.1) is 0 Å². The van der Waals surface area contributed by atoms with E-state index in [0.29, 0.717) is 37.0 Å². The molecule has 0 atom stereocenters. The summed E-state index contributed by atoms with van der Waals surface area (Å²) in [6.07, 6.45) is 4.42. The SMILES string of the molecule is CCCc1ncc(Cc2cc3cc(OC)ccc3nc2OCCN)c2cc(OC)c(OC)cc12. The van der Waals surface area contributed by atoms with E-state index in [-0.39, 0.29) is 0 Å². The van der Waals surface area contributed by atoms with Gasteiger partial charge in [-0.15, -0.1) is 0 Å². The number of benzene rings is 2. The highest BCUT2D eigenvalue weighted by Crippen LogP contribution is 2.36. The van der Waals surface area contributed by atoms with Gasteiger partial charge in [0, 0.05) is 41.2 Å². The molecule has 0 amide bonds. The summed E-state index contributed by atoms with van der Waals surface area (Å²) in [5.74, 6) is 2.74. The highest BCUT2D eigenvalue weighted by molar-refractivity contribution is 5.91. The Kier molecular flexibility index (Phi) is 7.33. The molecule has 34 heavy (non-hydrogen) atoms. The Morgan fingerprint density at radius 1 is 0.882 bits per heavy atom. The van der Waals surface area contributed by atoms with Gasteiger partial charge in [0.2, 0.25) is 5.88 Å². The lowest BCUT2D eigenvalue weighted by atomic mass is 9.97. The van der Waals surface area contributed by atoms with E-state index in [9.17, 15) is 0 Å². The number of fused-ring (bicyclic) bond motifs is 2. The molecule has 0 aliphatic carbocycles. The van der Waals surface area contributed by atoms with Crippen molar-refractivity contribution in [2.24, 2.45) is 5.73 Å². The maximum absolute atomic E-state index is 5.95. The number of methoxy groups -OCH3 is 3. The third kappa shape index (κ3) is 4.70. The highest BCUT2D eigenvalue weighted by Gasteiger charge is 2.16. The quantitative estimate of drug-likeness (QED) is 0.366. The molecule has 2 N–H and O–H groups in total. The molecule has 0 aliphatic heterocycles. The molecule has 2 heterocycles. The molecule has 2 aromatic heterocycles. The van der Waals surface area contributed by atoms with E-state index in [1.165, 1.54) is 0 Å². The highest BCUT2D eigenvalue weighted by atomic mass is 16.5. The van der Waals surface area contributed by atoms with Gasteiger partial charge in [0.05, 0.1) is 26.8 Å². The Morgan fingerprint density at radius 3 is 2.32 bits per heavy atom. The molecular weight excluding hydrogens is 430 g/mol. The molecule has 0 radical (unpaired) electrons. The van der Waals surface area contributed by atoms with Gasteiger partial charge in [-0.2, -0.15) is 0 Å². The minimum absolute atomic E-state index is 0.390. The molecule has 0 unspecified atom stereocenters. The Hall–Kier alpha value is -3.58. The van der Waals surface area contributed by atoms with Crippen LogP contribution in [0.1, 0.15) is 30.2 Å². The molecule has 4 rings (SSSR count). The fraction of sp³-hybridized carbons (Fsp3) is 0.333. The average molecular weight is 462 g/mol. The number of hydrogen-bond acceptors (Lipinski definition) is 7. The lowest BCUT2D eigenvalue weighted by molar-refractivity contribution is 0.314. The summed E-state index contributed by atoms with van der Waals surface area (Å²) in [6, 6.07) is 12.0. The number of aromatic nitrogens is 2. The van der Waals surface area contributed by atoms with Crippen LogP contribution in [0.4, 0.5) is 0 Å². The summed E-state index contributed by atoms with van der Waals surface area (Å²) >= 11 is 0. The van der Waals surface area contributed by atoms with Gasteiger partial charge in [0.15, 0.2) is 11.5 Å². The zero-order valence-corrected chi connectivity index (χ0v) is 20.2. The number of pyridine rings is 2. The fourth-order valence-corrected chi connectivity index (χ4v) is 4.18. The van der Waals surface area contributed by atoms with Crippen LogP contribution in [-0.4, -0.2) is 44.4 Å². The van der Waals surface area contributed by atoms with Crippen LogP contribution in [-0.2, 0) is 12.8 Å². The smallest absolute Gasteiger partial charge is 0.217 e. The minimum atomic E-state index is 0.390. The first-order chi connectivity index (χ1) is 16.6. The first kappa shape index (κ1) is 23.6. The molecule has 4 aromatic rings. The van der Waals surface area contributed by atoms with E-state index < -0.39 is 0 Å². The maximum atomic E-state index is 5.95. The van der Waals surface area contributed by atoms with Gasteiger partial charge in [-0.05, 0) is 53.8 Å². The number of ether oxygens (including phenoxy) is 4. The van der Waals surface area contributed by atoms with Crippen LogP contribution >= 0.6 is 0 Å². The van der Waals surface area contributed by atoms with Crippen LogP contribution in [0.5, 0.6) is 23.1 Å². The van der Waals surface area contributed by atoms with Crippen molar-refractivity contribution in [1.29, 1.82) is 0 Å². The monoisotopic (exact) mass is 461 g/mol. The van der Waals surface area contributed by atoms with Crippen LogP contribution in [0.3, 0.4) is 0 Å². The number of rotatable bonds is 10. The van der Waals surface area contributed by atoms with Crippen LogP contribution in [0.15, 0.2) is 42.6 Å². The van der Waals surface area contributed by atoms with Gasteiger partial charge in [0.25, 0.3) is 0 Å². The largest absolute Gasteiger partial charge is 0.497 e. The lowest BCUT2D eigenvalue weighted by Gasteiger charge is -2.16. The van der Waals surface area contributed by atoms with Crippen molar-refractivity contribution in [3.05, 3.63) is 59.4 Å². The summed E-state index contributed by atoms with van der Waals surface area (Å²) in [5, 5.41) is 3.12. The summed E-state index contributed by atoms with van der Waals surface area (Å²) in [6.45, 7) is 2.95. The van der Waals surface area contributed by atoms with Crippen LogP contribution < -0.4 is 24.7 Å². The van der Waals surface area contributed by atoms with E-state index in [4.69, 9.17) is 34.6 Å². The second-order valence-electron chi connectivity index (χ2n) is 8.06. The van der Waals surface area contributed by atoms with Gasteiger partial charge in [-0.1, -0.05) is 13.3 Å². The molecule has 0 bridgehead atoms. The molecule has 0 saturated heterocycles. The predicted octanol–water partition coefficient (Wildman–Crippen LogP) is 4.69. The summed E-state index contributed by atoms with van der Waals surface area (Å²) in [4.78, 5) is 9.58. The zero-order valence-electron chi connectivity index (χ0n) is 20.2. The Bertz CT molecular complexity index is 1310. The Balaban J connectivity index is 1.87. The summed E-state index contributed by atoms with van der Waals surface area (Å²) in [5.41, 5.74) is 9.59. The number of nitrogens with two attached hydrogens (primary N) is 1. The average Bonchev–Trinajstić information content (AvgIpc) is 2.87. The molecule has 178 valence electrons. The Morgan fingerprint density at radius 2 is 1.65 bits per heavy atom. The van der Waals surface area contributed by atoms with Crippen molar-refractivity contribution >= 4 is 21.7 Å². The maximum Gasteiger partial charge on any atom is 0.217 e. The molecular formula is C27H31N3O4. The normalized spacial score (nSPS) is 11.1. The lowest BCUT2D eigenvalue weighted by Crippen LogP contribution is -2.12. The van der Waals surface area contributed by atoms with Crippen molar-refractivity contribution < 1.29 is 18.9 Å². The van der Waals surface area contributed by atoms with Crippen molar-refractivity contribution in [2.45, 2.75) is 26.2 Å². The number of aryl methyl sites for hydroxylation is 1. The Labute approximate surface area is 199 Å². The van der Waals surface area contributed by atoms with Crippen LogP contribution in [0.2, 0.25) is 0 Å². The zero-order chi connectivity index (χ0) is 24.1. The summed E-state index contributed by atoms with van der Waals surface area (Å²) < 4.78 is 22.5. The fourth-order valence-electron chi connectivity index (χ4n) is 4.18. The molecule has 0 spiro atoms. The second kappa shape index (κ2) is 10.6. The van der Waals surface area contributed by atoms with Gasteiger partial charge >= 0.3 is 0 Å². The molecule has 0 saturated carbocycles. The minimum Gasteiger partial charge on any atom is -0.497 e. The van der Waals surface area contributed by atoms with Crippen molar-refractivity contribution in [2.75, 3.05) is 34.5 Å². The third-order valence-electron chi connectivity index (χ3n) is 5.84. The first-order valence-corrected chi connectivity index (χ1v) is 11.4. The van der Waals surface area contributed by atoms with Crippen molar-refractivity contribution in [3.8, 4) is 23.1 Å². The molecule has 0 aliphatic rings. The topological polar surface area (TPSA) is 88.7 Å². The third-order valence-corrected chi connectivity index (χ3v) is 5.84. The van der Waals surface area contributed by atoms with E-state index in [2.05, 4.69) is 13.0 Å². The van der Waals surface area contributed by atoms with Crippen molar-refractivity contribution in [1.82, 2.24) is 9.97 Å². The molecule has 0 fully saturated rings. The summed E-state index contributed by atoms with van der Waals surface area (Å²) in [7, 11) is 4.96. The van der Waals surface area contributed by atoms with E-state index in [1.54, 1.807) is 21.3 Å².